The third-order valence-corrected chi connectivity index (χ3v) is 4.67. The summed E-state index contributed by atoms with van der Waals surface area (Å²) >= 11 is 5.52. The van der Waals surface area contributed by atoms with E-state index in [1.807, 2.05) is 25.1 Å². The zero-order chi connectivity index (χ0) is 18.9. The molecule has 0 radical (unpaired) electrons. The fourth-order valence-corrected chi connectivity index (χ4v) is 3.32. The SMILES string of the molecule is C=CCOc1c(I)cc(/C=N\NC(=O)c2ccccc2Br)cc1OCC. The van der Waals surface area contributed by atoms with Crippen molar-refractivity contribution in [1.29, 1.82) is 0 Å². The van der Waals surface area contributed by atoms with Gasteiger partial charge in [0.1, 0.15) is 6.61 Å². The lowest BCUT2D eigenvalue weighted by Gasteiger charge is -2.13. The Kier molecular flexibility index (Phi) is 8.11. The Morgan fingerprint density at radius 1 is 1.35 bits per heavy atom. The third-order valence-electron chi connectivity index (χ3n) is 3.18. The molecule has 26 heavy (non-hydrogen) atoms. The molecule has 0 aliphatic heterocycles. The average molecular weight is 529 g/mol. The van der Waals surface area contributed by atoms with Gasteiger partial charge >= 0.3 is 0 Å². The number of nitrogens with one attached hydrogen (secondary N) is 1. The number of amides is 1. The summed E-state index contributed by atoms with van der Waals surface area (Å²) in [5.41, 5.74) is 3.83. The lowest BCUT2D eigenvalue weighted by molar-refractivity contribution is 0.0954. The molecule has 0 aromatic heterocycles. The molecule has 5 nitrogen and oxygen atoms in total. The summed E-state index contributed by atoms with van der Waals surface area (Å²) in [6, 6.07) is 10.9. The molecule has 136 valence electrons. The van der Waals surface area contributed by atoms with Crippen molar-refractivity contribution in [3.8, 4) is 11.5 Å². The molecule has 1 amide bonds. The van der Waals surface area contributed by atoms with Gasteiger partial charge in [0, 0.05) is 4.47 Å². The number of rotatable bonds is 8. The van der Waals surface area contributed by atoms with Gasteiger partial charge in [-0.1, -0.05) is 24.8 Å². The van der Waals surface area contributed by atoms with E-state index in [4.69, 9.17) is 9.47 Å². The van der Waals surface area contributed by atoms with Gasteiger partial charge in [0.2, 0.25) is 0 Å². The number of carbonyl (C=O) groups is 1. The van der Waals surface area contributed by atoms with E-state index in [1.165, 1.54) is 0 Å². The van der Waals surface area contributed by atoms with Crippen LogP contribution < -0.4 is 14.9 Å². The predicted molar refractivity (Wildman–Crippen MR) is 115 cm³/mol. The zero-order valence-electron chi connectivity index (χ0n) is 14.2. The standard InChI is InChI=1S/C19H18BrIN2O3/c1-3-9-26-18-16(21)10-13(11-17(18)25-4-2)12-22-23-19(24)14-7-5-6-8-15(14)20/h3,5-8,10-12H,1,4,9H2,2H3,(H,23,24)/b22-12-. The summed E-state index contributed by atoms with van der Waals surface area (Å²) in [7, 11) is 0. The minimum absolute atomic E-state index is 0.292. The fraction of sp³-hybridized carbons (Fsp3) is 0.158. The largest absolute Gasteiger partial charge is 0.490 e. The molecule has 0 aliphatic carbocycles. The van der Waals surface area contributed by atoms with Crippen LogP contribution in [0.15, 0.2) is 58.6 Å². The van der Waals surface area contributed by atoms with Crippen molar-refractivity contribution in [3.05, 3.63) is 68.2 Å². The second-order valence-corrected chi connectivity index (χ2v) is 7.06. The van der Waals surface area contributed by atoms with Crippen molar-refractivity contribution in [3.63, 3.8) is 0 Å². The molecule has 0 saturated carbocycles. The van der Waals surface area contributed by atoms with E-state index >= 15 is 0 Å². The predicted octanol–water partition coefficient (Wildman–Crippen LogP) is 4.78. The monoisotopic (exact) mass is 528 g/mol. The summed E-state index contributed by atoms with van der Waals surface area (Å²) < 4.78 is 12.9. The highest BCUT2D eigenvalue weighted by Gasteiger charge is 2.12. The topological polar surface area (TPSA) is 59.9 Å². The van der Waals surface area contributed by atoms with Crippen LogP contribution in [0.3, 0.4) is 0 Å². The molecular formula is C19H18BrIN2O3. The van der Waals surface area contributed by atoms with Gasteiger partial charge in [0.05, 0.1) is 22.0 Å². The van der Waals surface area contributed by atoms with Gasteiger partial charge in [-0.05, 0) is 75.3 Å². The Morgan fingerprint density at radius 3 is 2.81 bits per heavy atom. The van der Waals surface area contributed by atoms with Gasteiger partial charge in [-0.15, -0.1) is 0 Å². The van der Waals surface area contributed by atoms with Gasteiger partial charge in [0.25, 0.3) is 5.91 Å². The molecule has 0 heterocycles. The maximum absolute atomic E-state index is 12.2. The van der Waals surface area contributed by atoms with Crippen LogP contribution in [-0.4, -0.2) is 25.3 Å². The molecule has 2 aromatic carbocycles. The summed E-state index contributed by atoms with van der Waals surface area (Å²) in [6.45, 7) is 6.47. The number of hydrogen-bond donors (Lipinski definition) is 1. The Hall–Kier alpha value is -1.87. The first kappa shape index (κ1) is 20.4. The highest BCUT2D eigenvalue weighted by molar-refractivity contribution is 14.1. The van der Waals surface area contributed by atoms with Crippen molar-refractivity contribution < 1.29 is 14.3 Å². The van der Waals surface area contributed by atoms with Crippen molar-refractivity contribution >= 4 is 50.6 Å². The summed E-state index contributed by atoms with van der Waals surface area (Å²) in [4.78, 5) is 12.2. The first-order valence-corrected chi connectivity index (χ1v) is 9.72. The quantitative estimate of drug-likeness (QED) is 0.232. The lowest BCUT2D eigenvalue weighted by Crippen LogP contribution is -2.18. The van der Waals surface area contributed by atoms with Crippen LogP contribution in [0.4, 0.5) is 0 Å². The van der Waals surface area contributed by atoms with E-state index in [9.17, 15) is 4.79 Å². The fourth-order valence-electron chi connectivity index (χ4n) is 2.08. The van der Waals surface area contributed by atoms with E-state index in [-0.39, 0.29) is 5.91 Å². The minimum Gasteiger partial charge on any atom is -0.490 e. The van der Waals surface area contributed by atoms with E-state index in [2.05, 4.69) is 55.6 Å². The molecule has 0 saturated heterocycles. The maximum Gasteiger partial charge on any atom is 0.272 e. The first-order valence-electron chi connectivity index (χ1n) is 7.84. The number of carbonyl (C=O) groups excluding carboxylic acids is 1. The van der Waals surface area contributed by atoms with Crippen LogP contribution >= 0.6 is 38.5 Å². The summed E-state index contributed by atoms with van der Waals surface area (Å²) in [5, 5.41) is 4.03. The average Bonchev–Trinajstić information content (AvgIpc) is 2.61. The van der Waals surface area contributed by atoms with E-state index < -0.39 is 0 Å². The highest BCUT2D eigenvalue weighted by atomic mass is 127. The molecule has 0 atom stereocenters. The molecule has 0 unspecified atom stereocenters. The van der Waals surface area contributed by atoms with E-state index in [1.54, 1.807) is 30.5 Å². The number of halogens is 2. The number of benzene rings is 2. The number of hydrogen-bond acceptors (Lipinski definition) is 4. The van der Waals surface area contributed by atoms with Crippen LogP contribution in [0.5, 0.6) is 11.5 Å². The minimum atomic E-state index is -0.292. The van der Waals surface area contributed by atoms with Crippen molar-refractivity contribution in [2.75, 3.05) is 13.2 Å². The Balaban J connectivity index is 2.15. The molecule has 2 rings (SSSR count). The number of ether oxygens (including phenoxy) is 2. The Bertz CT molecular complexity index is 824. The molecular weight excluding hydrogens is 511 g/mol. The van der Waals surface area contributed by atoms with E-state index in [0.29, 0.717) is 34.7 Å². The molecule has 0 fully saturated rings. The van der Waals surface area contributed by atoms with Gasteiger partial charge in [-0.3, -0.25) is 4.79 Å². The molecule has 0 aliphatic rings. The molecule has 1 N–H and O–H groups in total. The van der Waals surface area contributed by atoms with E-state index in [0.717, 1.165) is 9.13 Å². The Labute approximate surface area is 174 Å². The first-order chi connectivity index (χ1) is 12.6. The normalized spacial score (nSPS) is 10.6. The summed E-state index contributed by atoms with van der Waals surface area (Å²) in [6.07, 6.45) is 3.25. The van der Waals surface area contributed by atoms with Crippen LogP contribution in [0.25, 0.3) is 0 Å². The zero-order valence-corrected chi connectivity index (χ0v) is 17.9. The van der Waals surface area contributed by atoms with Crippen molar-refractivity contribution in [2.45, 2.75) is 6.92 Å². The number of nitrogens with zero attached hydrogens (tertiary/aromatic N) is 1. The highest BCUT2D eigenvalue weighted by Crippen LogP contribution is 2.33. The van der Waals surface area contributed by atoms with Crippen LogP contribution in [0.1, 0.15) is 22.8 Å². The van der Waals surface area contributed by atoms with Crippen LogP contribution in [-0.2, 0) is 0 Å². The Morgan fingerprint density at radius 2 is 2.12 bits per heavy atom. The number of hydrazone groups is 1. The molecule has 7 heteroatoms. The van der Waals surface area contributed by atoms with Gasteiger partial charge < -0.3 is 9.47 Å². The second-order valence-electron chi connectivity index (χ2n) is 5.04. The third kappa shape index (κ3) is 5.57. The van der Waals surface area contributed by atoms with Gasteiger partial charge in [0.15, 0.2) is 11.5 Å². The van der Waals surface area contributed by atoms with Crippen LogP contribution in [0, 0.1) is 3.57 Å². The molecule has 0 spiro atoms. The molecule has 0 bridgehead atoms. The van der Waals surface area contributed by atoms with Crippen molar-refractivity contribution in [2.24, 2.45) is 5.10 Å². The van der Waals surface area contributed by atoms with Crippen molar-refractivity contribution in [1.82, 2.24) is 5.43 Å². The second kappa shape index (κ2) is 10.3. The molecule has 2 aromatic rings. The maximum atomic E-state index is 12.2. The van der Waals surface area contributed by atoms with Crippen LogP contribution in [0.2, 0.25) is 0 Å². The smallest absolute Gasteiger partial charge is 0.272 e. The van der Waals surface area contributed by atoms with Gasteiger partial charge in [-0.25, -0.2) is 5.43 Å². The van der Waals surface area contributed by atoms with Gasteiger partial charge in [-0.2, -0.15) is 5.10 Å². The lowest BCUT2D eigenvalue weighted by atomic mass is 10.2. The summed E-state index contributed by atoms with van der Waals surface area (Å²) in [5.74, 6) is 1.00.